The van der Waals surface area contributed by atoms with Gasteiger partial charge < -0.3 is 4.74 Å². The molecule has 0 aliphatic heterocycles. The van der Waals surface area contributed by atoms with Gasteiger partial charge >= 0.3 is 0 Å². The predicted molar refractivity (Wildman–Crippen MR) is 52.4 cm³/mol. The highest BCUT2D eigenvalue weighted by atomic mass is 16.5. The van der Waals surface area contributed by atoms with Gasteiger partial charge in [-0.15, -0.1) is 0 Å². The Morgan fingerprint density at radius 3 is 2.25 bits per heavy atom. The minimum Gasteiger partial charge on any atom is -0.375 e. The molecule has 0 radical (unpaired) electrons. The molecule has 0 N–H and O–H groups in total. The van der Waals surface area contributed by atoms with Crippen LogP contribution in [0.1, 0.15) is 58.8 Å². The fourth-order valence-electron chi connectivity index (χ4n) is 2.26. The van der Waals surface area contributed by atoms with Crippen LogP contribution in [0, 0.1) is 0 Å². The van der Waals surface area contributed by atoms with Crippen molar-refractivity contribution in [2.45, 2.75) is 64.4 Å². The van der Waals surface area contributed by atoms with E-state index in [1.807, 2.05) is 0 Å². The van der Waals surface area contributed by atoms with Gasteiger partial charge in [-0.25, -0.2) is 0 Å². The molecule has 0 heterocycles. The Balaban J connectivity index is 2.35. The second-order valence-corrected chi connectivity index (χ2v) is 3.99. The Labute approximate surface area is 76.5 Å². The Bertz CT molecular complexity index is 114. The first-order valence-corrected chi connectivity index (χ1v) is 5.47. The van der Waals surface area contributed by atoms with Crippen molar-refractivity contribution in [1.82, 2.24) is 0 Å². The lowest BCUT2D eigenvalue weighted by Gasteiger charge is -2.28. The average Bonchev–Trinajstić information content (AvgIpc) is 2.51. The van der Waals surface area contributed by atoms with Gasteiger partial charge in [-0.05, 0) is 25.7 Å². The molecule has 0 bridgehead atoms. The first kappa shape index (κ1) is 10.0. The van der Waals surface area contributed by atoms with Crippen molar-refractivity contribution < 1.29 is 4.74 Å². The highest BCUT2D eigenvalue weighted by Crippen LogP contribution is 2.36. The molecule has 1 rings (SSSR count). The van der Waals surface area contributed by atoms with Crippen LogP contribution in [0.25, 0.3) is 0 Å². The predicted octanol–water partition coefficient (Wildman–Crippen LogP) is 3.53. The van der Waals surface area contributed by atoms with Crippen molar-refractivity contribution in [2.24, 2.45) is 0 Å². The van der Waals surface area contributed by atoms with Crippen molar-refractivity contribution in [2.75, 3.05) is 6.61 Å². The van der Waals surface area contributed by atoms with Gasteiger partial charge in [0, 0.05) is 6.61 Å². The minimum absolute atomic E-state index is 0.296. The lowest BCUT2D eigenvalue weighted by molar-refractivity contribution is -0.0466. The highest BCUT2D eigenvalue weighted by molar-refractivity contribution is 4.85. The van der Waals surface area contributed by atoms with E-state index in [2.05, 4.69) is 13.8 Å². The van der Waals surface area contributed by atoms with E-state index in [0.717, 1.165) is 13.0 Å². The Morgan fingerprint density at radius 1 is 1.08 bits per heavy atom. The van der Waals surface area contributed by atoms with Gasteiger partial charge in [0.15, 0.2) is 0 Å². The molecular weight excluding hydrogens is 148 g/mol. The molecule has 1 nitrogen and oxygen atoms in total. The van der Waals surface area contributed by atoms with E-state index in [-0.39, 0.29) is 0 Å². The van der Waals surface area contributed by atoms with Gasteiger partial charge in [-0.3, -0.25) is 0 Å². The van der Waals surface area contributed by atoms with Gasteiger partial charge in [0.05, 0.1) is 5.60 Å². The third kappa shape index (κ3) is 2.48. The molecule has 0 spiro atoms. The molecule has 0 aromatic heterocycles. The van der Waals surface area contributed by atoms with Crippen LogP contribution >= 0.6 is 0 Å². The maximum Gasteiger partial charge on any atom is 0.0682 e. The molecule has 0 aromatic rings. The van der Waals surface area contributed by atoms with Crippen LogP contribution in [-0.2, 0) is 4.74 Å². The number of rotatable bonds is 5. The van der Waals surface area contributed by atoms with Gasteiger partial charge in [0.2, 0.25) is 0 Å². The van der Waals surface area contributed by atoms with Crippen molar-refractivity contribution in [3.8, 4) is 0 Å². The van der Waals surface area contributed by atoms with Crippen molar-refractivity contribution >= 4 is 0 Å². The monoisotopic (exact) mass is 170 g/mol. The summed E-state index contributed by atoms with van der Waals surface area (Å²) in [4.78, 5) is 0. The minimum atomic E-state index is 0.296. The summed E-state index contributed by atoms with van der Waals surface area (Å²) in [6.07, 6.45) is 9.07. The molecule has 1 fully saturated rings. The van der Waals surface area contributed by atoms with E-state index in [1.54, 1.807) is 0 Å². The summed E-state index contributed by atoms with van der Waals surface area (Å²) in [5.41, 5.74) is 0.296. The molecule has 72 valence electrons. The van der Waals surface area contributed by atoms with Crippen LogP contribution in [0.2, 0.25) is 0 Å². The molecule has 0 unspecified atom stereocenters. The Morgan fingerprint density at radius 2 is 1.75 bits per heavy atom. The molecule has 0 atom stereocenters. The summed E-state index contributed by atoms with van der Waals surface area (Å²) < 4.78 is 5.98. The van der Waals surface area contributed by atoms with Crippen LogP contribution < -0.4 is 0 Å². The van der Waals surface area contributed by atoms with Crippen LogP contribution in [0.3, 0.4) is 0 Å². The van der Waals surface area contributed by atoms with Crippen LogP contribution in [0.5, 0.6) is 0 Å². The van der Waals surface area contributed by atoms with E-state index >= 15 is 0 Å². The third-order valence-corrected chi connectivity index (χ3v) is 2.83. The van der Waals surface area contributed by atoms with Crippen LogP contribution in [-0.4, -0.2) is 12.2 Å². The third-order valence-electron chi connectivity index (χ3n) is 2.83. The first-order chi connectivity index (χ1) is 5.83. The highest BCUT2D eigenvalue weighted by Gasteiger charge is 2.33. The van der Waals surface area contributed by atoms with Gasteiger partial charge in [0.1, 0.15) is 0 Å². The summed E-state index contributed by atoms with van der Waals surface area (Å²) in [6.45, 7) is 5.41. The standard InChI is InChI=1S/C11H22O/c1-3-7-11(12-10-4-2)8-5-6-9-11/h3-10H2,1-2H3. The quantitative estimate of drug-likeness (QED) is 0.613. The number of hydrogen-bond donors (Lipinski definition) is 0. The summed E-state index contributed by atoms with van der Waals surface area (Å²) in [6, 6.07) is 0. The zero-order chi connectivity index (χ0) is 8.86. The molecule has 1 saturated carbocycles. The fourth-order valence-corrected chi connectivity index (χ4v) is 2.26. The van der Waals surface area contributed by atoms with E-state index in [0.29, 0.717) is 5.60 Å². The molecule has 0 aromatic carbocycles. The van der Waals surface area contributed by atoms with Gasteiger partial charge in [0.25, 0.3) is 0 Å². The van der Waals surface area contributed by atoms with E-state index < -0.39 is 0 Å². The smallest absolute Gasteiger partial charge is 0.0682 e. The lowest BCUT2D eigenvalue weighted by atomic mass is 9.96. The maximum atomic E-state index is 5.98. The largest absolute Gasteiger partial charge is 0.375 e. The van der Waals surface area contributed by atoms with Crippen LogP contribution in [0.15, 0.2) is 0 Å². The molecule has 1 heteroatoms. The summed E-state index contributed by atoms with van der Waals surface area (Å²) in [7, 11) is 0. The van der Waals surface area contributed by atoms with E-state index in [4.69, 9.17) is 4.74 Å². The van der Waals surface area contributed by atoms with Crippen molar-refractivity contribution in [3.05, 3.63) is 0 Å². The Hall–Kier alpha value is -0.0400. The molecule has 1 aliphatic rings. The zero-order valence-electron chi connectivity index (χ0n) is 8.57. The topological polar surface area (TPSA) is 9.23 Å². The van der Waals surface area contributed by atoms with Crippen molar-refractivity contribution in [1.29, 1.82) is 0 Å². The summed E-state index contributed by atoms with van der Waals surface area (Å²) >= 11 is 0. The van der Waals surface area contributed by atoms with Gasteiger partial charge in [-0.2, -0.15) is 0 Å². The van der Waals surface area contributed by atoms with Crippen LogP contribution in [0.4, 0.5) is 0 Å². The SMILES string of the molecule is CCCOC1(CCC)CCCC1. The molecule has 0 saturated heterocycles. The molecule has 12 heavy (non-hydrogen) atoms. The molecule has 1 aliphatic carbocycles. The van der Waals surface area contributed by atoms with E-state index in [9.17, 15) is 0 Å². The molecule has 0 amide bonds. The second-order valence-electron chi connectivity index (χ2n) is 3.99. The second kappa shape index (κ2) is 4.86. The Kier molecular flexibility index (Phi) is 4.07. The first-order valence-electron chi connectivity index (χ1n) is 5.47. The van der Waals surface area contributed by atoms with Crippen molar-refractivity contribution in [3.63, 3.8) is 0 Å². The zero-order valence-corrected chi connectivity index (χ0v) is 8.57. The number of ether oxygens (including phenoxy) is 1. The maximum absolute atomic E-state index is 5.98. The normalized spacial score (nSPS) is 21.5. The number of hydrogen-bond acceptors (Lipinski definition) is 1. The lowest BCUT2D eigenvalue weighted by Crippen LogP contribution is -2.29. The summed E-state index contributed by atoms with van der Waals surface area (Å²) in [5.74, 6) is 0. The summed E-state index contributed by atoms with van der Waals surface area (Å²) in [5, 5.41) is 0. The fraction of sp³-hybridized carbons (Fsp3) is 1.00. The van der Waals surface area contributed by atoms with Gasteiger partial charge in [-0.1, -0.05) is 33.1 Å². The molecular formula is C11H22O. The van der Waals surface area contributed by atoms with E-state index in [1.165, 1.54) is 38.5 Å². The average molecular weight is 170 g/mol.